The van der Waals surface area contributed by atoms with Crippen molar-refractivity contribution in [3.63, 3.8) is 0 Å². The molecule has 0 aliphatic heterocycles. The molecule has 0 fully saturated rings. The number of carbonyl (C=O) groups is 1. The molecule has 0 amide bonds. The van der Waals surface area contributed by atoms with Gasteiger partial charge in [-0.1, -0.05) is 12.1 Å². The molecule has 0 saturated heterocycles. The van der Waals surface area contributed by atoms with Crippen molar-refractivity contribution in [3.8, 4) is 0 Å². The second-order valence-electron chi connectivity index (χ2n) is 5.68. The van der Waals surface area contributed by atoms with E-state index in [-0.39, 0.29) is 17.1 Å². The van der Waals surface area contributed by atoms with E-state index >= 15 is 0 Å². The predicted octanol–water partition coefficient (Wildman–Crippen LogP) is 2.37. The first-order valence-electron chi connectivity index (χ1n) is 8.46. The molecule has 0 aliphatic rings. The highest BCUT2D eigenvalue weighted by molar-refractivity contribution is 7.07. The average molecular weight is 368 g/mol. The number of hydrogen-bond acceptors (Lipinski definition) is 5. The lowest BCUT2D eigenvalue weighted by Gasteiger charge is -2.20. The van der Waals surface area contributed by atoms with Gasteiger partial charge in [-0.2, -0.15) is 0 Å². The molecule has 1 N–H and O–H groups in total. The van der Waals surface area contributed by atoms with Crippen LogP contribution in [0.5, 0.6) is 0 Å². The number of H-pyrrole nitrogens is 1. The summed E-state index contributed by atoms with van der Waals surface area (Å²) in [5, 5.41) is 0. The molecular weight excluding hydrogens is 348 g/mol. The third-order valence-electron chi connectivity index (χ3n) is 4.03. The minimum Gasteiger partial charge on any atom is -0.461 e. The van der Waals surface area contributed by atoms with E-state index in [4.69, 9.17) is 4.42 Å². The Morgan fingerprint density at radius 3 is 2.54 bits per heavy atom. The van der Waals surface area contributed by atoms with Crippen LogP contribution < -0.4 is 19.7 Å². The molecule has 5 nitrogen and oxygen atoms in total. The summed E-state index contributed by atoms with van der Waals surface area (Å²) in [5.41, 5.74) is 1.89. The van der Waals surface area contributed by atoms with Crippen LogP contribution in [-0.2, 0) is 0 Å². The predicted molar refractivity (Wildman–Crippen MR) is 105 cm³/mol. The zero-order valence-electron chi connectivity index (χ0n) is 14.7. The van der Waals surface area contributed by atoms with Gasteiger partial charge in [0.15, 0.2) is 5.76 Å². The number of aromatic amines is 1. The molecule has 0 atom stereocenters. The number of benzene rings is 1. The Balaban J connectivity index is 1.89. The number of ketones is 1. The van der Waals surface area contributed by atoms with Gasteiger partial charge < -0.3 is 14.3 Å². The van der Waals surface area contributed by atoms with Crippen LogP contribution in [-0.4, -0.2) is 23.9 Å². The molecule has 0 radical (unpaired) electrons. The highest BCUT2D eigenvalue weighted by atomic mass is 32.1. The Morgan fingerprint density at radius 2 is 1.92 bits per heavy atom. The molecule has 0 aliphatic carbocycles. The molecule has 26 heavy (non-hydrogen) atoms. The van der Waals surface area contributed by atoms with E-state index < -0.39 is 0 Å². The Hall–Kier alpha value is -2.86. The van der Waals surface area contributed by atoms with E-state index in [1.807, 2.05) is 30.3 Å². The van der Waals surface area contributed by atoms with Crippen molar-refractivity contribution in [2.45, 2.75) is 13.8 Å². The number of furan rings is 1. The lowest BCUT2D eigenvalue weighted by Crippen LogP contribution is -2.21. The minimum absolute atomic E-state index is 0.207. The van der Waals surface area contributed by atoms with E-state index in [9.17, 15) is 9.59 Å². The molecule has 2 heterocycles. The number of Topliss-reactive ketones (excluding diaryl/α,β-unsaturated/α-hetero) is 1. The summed E-state index contributed by atoms with van der Waals surface area (Å²) in [6.45, 7) is 6.15. The van der Waals surface area contributed by atoms with Crippen LogP contribution in [0.25, 0.3) is 12.2 Å². The van der Waals surface area contributed by atoms with Crippen LogP contribution in [0.1, 0.15) is 30.0 Å². The van der Waals surface area contributed by atoms with Gasteiger partial charge in [0.2, 0.25) is 5.78 Å². The number of aromatic nitrogens is 1. The van der Waals surface area contributed by atoms with Gasteiger partial charge in [0.05, 0.1) is 15.5 Å². The van der Waals surface area contributed by atoms with E-state index in [1.165, 1.54) is 23.7 Å². The monoisotopic (exact) mass is 368 g/mol. The number of rotatable bonds is 6. The first-order chi connectivity index (χ1) is 12.6. The molecule has 0 bridgehead atoms. The van der Waals surface area contributed by atoms with Crippen LogP contribution in [0.3, 0.4) is 0 Å². The van der Waals surface area contributed by atoms with Gasteiger partial charge in [0.25, 0.3) is 5.56 Å². The van der Waals surface area contributed by atoms with Gasteiger partial charge in [0.1, 0.15) is 0 Å². The van der Waals surface area contributed by atoms with Crippen LogP contribution >= 0.6 is 11.3 Å². The van der Waals surface area contributed by atoms with Crippen molar-refractivity contribution >= 4 is 35.0 Å². The topological polar surface area (TPSA) is 66.3 Å². The maximum absolute atomic E-state index is 12.1. The van der Waals surface area contributed by atoms with E-state index in [1.54, 1.807) is 12.1 Å². The van der Waals surface area contributed by atoms with Crippen molar-refractivity contribution in [2.24, 2.45) is 0 Å². The standard InChI is InChI=1S/C20H20N2O3S/c1-3-22(4-2)15-9-7-14(8-10-15)12-18-20(24)21-19(26-18)13-16(23)17-6-5-11-25-17/h5-13H,3-4H2,1-2H3,(H,21,24)/b18-12+,19-13-. The zero-order valence-corrected chi connectivity index (χ0v) is 15.5. The summed E-state index contributed by atoms with van der Waals surface area (Å²) in [7, 11) is 0. The van der Waals surface area contributed by atoms with Gasteiger partial charge in [-0.25, -0.2) is 0 Å². The third kappa shape index (κ3) is 4.03. The first-order valence-corrected chi connectivity index (χ1v) is 9.27. The summed E-state index contributed by atoms with van der Waals surface area (Å²) < 4.78 is 6.13. The van der Waals surface area contributed by atoms with Gasteiger partial charge >= 0.3 is 0 Å². The number of thiazole rings is 1. The molecule has 3 aromatic rings. The highest BCUT2D eigenvalue weighted by Crippen LogP contribution is 2.15. The number of anilines is 1. The Bertz CT molecular complexity index is 1040. The fourth-order valence-corrected chi connectivity index (χ4v) is 3.54. The quantitative estimate of drug-likeness (QED) is 0.679. The van der Waals surface area contributed by atoms with Gasteiger partial charge in [-0.05, 0) is 49.8 Å². The second kappa shape index (κ2) is 8.01. The average Bonchev–Trinajstić information content (AvgIpc) is 3.28. The fourth-order valence-electron chi connectivity index (χ4n) is 2.65. The maximum atomic E-state index is 12.1. The summed E-state index contributed by atoms with van der Waals surface area (Å²) >= 11 is 1.25. The summed E-state index contributed by atoms with van der Waals surface area (Å²) in [5.74, 6) is -0.0283. The van der Waals surface area contributed by atoms with Crippen molar-refractivity contribution in [2.75, 3.05) is 18.0 Å². The highest BCUT2D eigenvalue weighted by Gasteiger charge is 2.06. The fraction of sp³-hybridized carbons (Fsp3) is 0.200. The van der Waals surface area contributed by atoms with Crippen molar-refractivity contribution < 1.29 is 9.21 Å². The summed E-state index contributed by atoms with van der Waals surface area (Å²) in [4.78, 5) is 29.1. The van der Waals surface area contributed by atoms with Crippen LogP contribution in [0.4, 0.5) is 5.69 Å². The van der Waals surface area contributed by atoms with E-state index in [2.05, 4.69) is 23.7 Å². The molecule has 6 heteroatoms. The van der Waals surface area contributed by atoms with Gasteiger partial charge in [-0.3, -0.25) is 9.59 Å². The van der Waals surface area contributed by atoms with Crippen molar-refractivity contribution in [1.29, 1.82) is 0 Å². The smallest absolute Gasteiger partial charge is 0.266 e. The molecule has 2 aromatic heterocycles. The number of nitrogens with one attached hydrogen (secondary N) is 1. The molecule has 0 spiro atoms. The molecule has 0 unspecified atom stereocenters. The van der Waals surface area contributed by atoms with Crippen molar-refractivity contribution in [3.05, 3.63) is 73.5 Å². The lowest BCUT2D eigenvalue weighted by molar-refractivity contribution is 0.103. The largest absolute Gasteiger partial charge is 0.461 e. The second-order valence-corrected chi connectivity index (χ2v) is 6.76. The van der Waals surface area contributed by atoms with E-state index in [0.29, 0.717) is 9.20 Å². The maximum Gasteiger partial charge on any atom is 0.266 e. The number of carbonyl (C=O) groups excluding carboxylic acids is 1. The third-order valence-corrected chi connectivity index (χ3v) is 4.99. The van der Waals surface area contributed by atoms with Crippen LogP contribution in [0.15, 0.2) is 51.9 Å². The lowest BCUT2D eigenvalue weighted by atomic mass is 10.2. The molecule has 134 valence electrons. The summed E-state index contributed by atoms with van der Waals surface area (Å²) in [6, 6.07) is 11.3. The van der Waals surface area contributed by atoms with Crippen LogP contribution in [0.2, 0.25) is 0 Å². The number of hydrogen-bond donors (Lipinski definition) is 1. The Kier molecular flexibility index (Phi) is 5.53. The normalized spacial score (nSPS) is 12.5. The Morgan fingerprint density at radius 1 is 1.19 bits per heavy atom. The minimum atomic E-state index is -0.275. The summed E-state index contributed by atoms with van der Waals surface area (Å²) in [6.07, 6.45) is 4.65. The van der Waals surface area contributed by atoms with Gasteiger partial charge in [-0.15, -0.1) is 11.3 Å². The SMILES string of the molecule is CCN(CC)c1ccc(/C=c2/s/c(=C\C(=O)c3ccco3)[nH]c2=O)cc1. The first kappa shape index (κ1) is 17.9. The van der Waals surface area contributed by atoms with Crippen LogP contribution in [0, 0.1) is 0 Å². The molecule has 0 saturated carbocycles. The molecule has 3 rings (SSSR count). The number of nitrogens with zero attached hydrogens (tertiary/aromatic N) is 1. The van der Waals surface area contributed by atoms with E-state index in [0.717, 1.165) is 24.3 Å². The molecular formula is C20H20N2O3S. The van der Waals surface area contributed by atoms with Crippen molar-refractivity contribution in [1.82, 2.24) is 4.98 Å². The van der Waals surface area contributed by atoms with Gasteiger partial charge in [0, 0.05) is 24.9 Å². The Labute approximate surface area is 154 Å². The zero-order chi connectivity index (χ0) is 18.5. The molecule has 1 aromatic carbocycles.